The van der Waals surface area contributed by atoms with Gasteiger partial charge in [-0.3, -0.25) is 0 Å². The Morgan fingerprint density at radius 1 is 1.24 bits per heavy atom. The van der Waals surface area contributed by atoms with Gasteiger partial charge in [-0.25, -0.2) is 0 Å². The number of ether oxygens (including phenoxy) is 1. The summed E-state index contributed by atoms with van der Waals surface area (Å²) in [4.78, 5) is 0. The maximum atomic E-state index is 6.37. The van der Waals surface area contributed by atoms with Gasteiger partial charge in [0, 0.05) is 18.2 Å². The topological polar surface area (TPSA) is 21.3 Å². The number of hydrogen-bond acceptors (Lipinski definition) is 2. The molecule has 1 aromatic rings. The van der Waals surface area contributed by atoms with Crippen LogP contribution >= 0.6 is 11.6 Å². The molecular weight excluding hydrogens is 282 g/mol. The summed E-state index contributed by atoms with van der Waals surface area (Å²) in [7, 11) is 0. The number of nitrogens with one attached hydrogen (secondary N) is 1. The molecule has 0 atom stereocenters. The fourth-order valence-corrected chi connectivity index (χ4v) is 3.20. The van der Waals surface area contributed by atoms with Crippen LogP contribution in [0, 0.1) is 5.92 Å². The summed E-state index contributed by atoms with van der Waals surface area (Å²) < 4.78 is 6.27. The molecule has 0 unspecified atom stereocenters. The zero-order valence-electron chi connectivity index (χ0n) is 13.5. The van der Waals surface area contributed by atoms with Crippen LogP contribution in [0.25, 0.3) is 0 Å². The maximum Gasteiger partial charge on any atom is 0.142 e. The van der Waals surface area contributed by atoms with Crippen LogP contribution in [-0.2, 0) is 6.54 Å². The van der Waals surface area contributed by atoms with Crippen LogP contribution in [0.5, 0.6) is 5.75 Å². The summed E-state index contributed by atoms with van der Waals surface area (Å²) in [5.41, 5.74) is 1.16. The van der Waals surface area contributed by atoms with Crippen molar-refractivity contribution >= 4 is 11.6 Å². The Hall–Kier alpha value is -0.730. The summed E-state index contributed by atoms with van der Waals surface area (Å²) in [5, 5.41) is 4.18. The lowest BCUT2D eigenvalue weighted by molar-refractivity contribution is 0.128. The maximum absolute atomic E-state index is 6.37. The molecule has 0 saturated heterocycles. The van der Waals surface area contributed by atoms with Crippen LogP contribution in [0.15, 0.2) is 18.2 Å². The van der Waals surface area contributed by atoms with E-state index in [0.29, 0.717) is 12.1 Å². The quantitative estimate of drug-likeness (QED) is 0.781. The SMILES string of the molecule is CCC1CCC(Oc2c(Cl)cccc2CNC(C)C)CC1. The average molecular weight is 310 g/mol. The van der Waals surface area contributed by atoms with E-state index in [1.54, 1.807) is 0 Å². The van der Waals surface area contributed by atoms with E-state index in [-0.39, 0.29) is 0 Å². The largest absolute Gasteiger partial charge is 0.489 e. The predicted octanol–water partition coefficient (Wildman–Crippen LogP) is 5.19. The van der Waals surface area contributed by atoms with Gasteiger partial charge in [-0.1, -0.05) is 50.9 Å². The second-order valence-electron chi connectivity index (χ2n) is 6.43. The van der Waals surface area contributed by atoms with Crippen molar-refractivity contribution in [1.29, 1.82) is 0 Å². The van der Waals surface area contributed by atoms with E-state index in [1.165, 1.54) is 19.3 Å². The van der Waals surface area contributed by atoms with E-state index in [4.69, 9.17) is 16.3 Å². The molecule has 0 aromatic heterocycles. The summed E-state index contributed by atoms with van der Waals surface area (Å²) >= 11 is 6.37. The standard InChI is InChI=1S/C18H28ClNO/c1-4-14-8-10-16(11-9-14)21-18-15(12-20-13(2)3)6-5-7-17(18)19/h5-7,13-14,16,20H,4,8-12H2,1-3H3. The van der Waals surface area contributed by atoms with Gasteiger partial charge in [0.15, 0.2) is 0 Å². The number of para-hydroxylation sites is 1. The number of hydrogen-bond donors (Lipinski definition) is 1. The molecule has 1 aliphatic rings. The molecular formula is C18H28ClNO. The Morgan fingerprint density at radius 2 is 1.95 bits per heavy atom. The van der Waals surface area contributed by atoms with Crippen molar-refractivity contribution in [3.63, 3.8) is 0 Å². The molecule has 0 bridgehead atoms. The van der Waals surface area contributed by atoms with Gasteiger partial charge >= 0.3 is 0 Å². The van der Waals surface area contributed by atoms with Crippen LogP contribution < -0.4 is 10.1 Å². The molecule has 1 fully saturated rings. The van der Waals surface area contributed by atoms with Gasteiger partial charge in [-0.15, -0.1) is 0 Å². The first-order valence-electron chi connectivity index (χ1n) is 8.27. The summed E-state index contributed by atoms with van der Waals surface area (Å²) in [6.45, 7) is 7.39. The van der Waals surface area contributed by atoms with Crippen molar-refractivity contribution in [1.82, 2.24) is 5.32 Å². The van der Waals surface area contributed by atoms with Gasteiger partial charge in [-0.05, 0) is 37.7 Å². The van der Waals surface area contributed by atoms with E-state index in [1.807, 2.05) is 12.1 Å². The van der Waals surface area contributed by atoms with E-state index in [9.17, 15) is 0 Å². The van der Waals surface area contributed by atoms with E-state index < -0.39 is 0 Å². The lowest BCUT2D eigenvalue weighted by Gasteiger charge is -2.29. The van der Waals surface area contributed by atoms with Crippen LogP contribution in [0.3, 0.4) is 0 Å². The minimum Gasteiger partial charge on any atom is -0.489 e. The number of benzene rings is 1. The zero-order valence-corrected chi connectivity index (χ0v) is 14.2. The summed E-state index contributed by atoms with van der Waals surface area (Å²) in [5.74, 6) is 1.77. The third-order valence-electron chi connectivity index (χ3n) is 4.40. The summed E-state index contributed by atoms with van der Waals surface area (Å²) in [6.07, 6.45) is 6.49. The Morgan fingerprint density at radius 3 is 2.57 bits per heavy atom. The van der Waals surface area contributed by atoms with Gasteiger partial charge < -0.3 is 10.1 Å². The third kappa shape index (κ3) is 4.89. The van der Waals surface area contributed by atoms with Crippen LogP contribution in [-0.4, -0.2) is 12.1 Å². The molecule has 0 amide bonds. The van der Waals surface area contributed by atoms with Crippen molar-refractivity contribution < 1.29 is 4.74 Å². The van der Waals surface area contributed by atoms with E-state index in [2.05, 4.69) is 32.2 Å². The monoisotopic (exact) mass is 309 g/mol. The van der Waals surface area contributed by atoms with Gasteiger partial charge in [0.25, 0.3) is 0 Å². The Balaban J connectivity index is 2.01. The highest BCUT2D eigenvalue weighted by atomic mass is 35.5. The highest BCUT2D eigenvalue weighted by molar-refractivity contribution is 6.32. The van der Waals surface area contributed by atoms with Gasteiger partial charge in [0.05, 0.1) is 11.1 Å². The summed E-state index contributed by atoms with van der Waals surface area (Å²) in [6, 6.07) is 6.49. The van der Waals surface area contributed by atoms with Crippen molar-refractivity contribution in [3.05, 3.63) is 28.8 Å². The highest BCUT2D eigenvalue weighted by Gasteiger charge is 2.22. The van der Waals surface area contributed by atoms with Gasteiger partial charge in [0.1, 0.15) is 5.75 Å². The van der Waals surface area contributed by atoms with E-state index >= 15 is 0 Å². The molecule has 2 nitrogen and oxygen atoms in total. The van der Waals surface area contributed by atoms with Crippen molar-refractivity contribution in [2.75, 3.05) is 0 Å². The second kappa shape index (κ2) is 8.05. The smallest absolute Gasteiger partial charge is 0.142 e. The Kier molecular flexibility index (Phi) is 6.38. The first kappa shape index (κ1) is 16.6. The van der Waals surface area contributed by atoms with E-state index in [0.717, 1.165) is 41.6 Å². The molecule has 0 spiro atoms. The number of rotatable bonds is 6. The first-order valence-corrected chi connectivity index (χ1v) is 8.65. The molecule has 1 aliphatic carbocycles. The fourth-order valence-electron chi connectivity index (χ4n) is 2.96. The molecule has 118 valence electrons. The normalized spacial score (nSPS) is 22.5. The minimum absolute atomic E-state index is 0.325. The van der Waals surface area contributed by atoms with Crippen LogP contribution in [0.4, 0.5) is 0 Å². The second-order valence-corrected chi connectivity index (χ2v) is 6.84. The van der Waals surface area contributed by atoms with Crippen LogP contribution in [0.2, 0.25) is 5.02 Å². The average Bonchev–Trinajstić information content (AvgIpc) is 2.48. The van der Waals surface area contributed by atoms with Crippen molar-refractivity contribution in [2.45, 2.75) is 71.6 Å². The predicted molar refractivity (Wildman–Crippen MR) is 90.1 cm³/mol. The van der Waals surface area contributed by atoms with Gasteiger partial charge in [0.2, 0.25) is 0 Å². The molecule has 2 rings (SSSR count). The number of halogens is 1. The Bertz CT molecular complexity index is 439. The highest BCUT2D eigenvalue weighted by Crippen LogP contribution is 2.34. The molecule has 0 radical (unpaired) electrons. The zero-order chi connectivity index (χ0) is 15.2. The molecule has 1 aromatic carbocycles. The lowest BCUT2D eigenvalue weighted by atomic mass is 9.86. The molecule has 1 N–H and O–H groups in total. The van der Waals surface area contributed by atoms with Crippen LogP contribution in [0.1, 0.15) is 58.4 Å². The van der Waals surface area contributed by atoms with Crippen molar-refractivity contribution in [3.8, 4) is 5.75 Å². The molecule has 1 saturated carbocycles. The fraction of sp³-hybridized carbons (Fsp3) is 0.667. The minimum atomic E-state index is 0.325. The molecule has 3 heteroatoms. The first-order chi connectivity index (χ1) is 10.1. The molecule has 0 heterocycles. The van der Waals surface area contributed by atoms with Gasteiger partial charge in [-0.2, -0.15) is 0 Å². The molecule has 21 heavy (non-hydrogen) atoms. The molecule has 0 aliphatic heterocycles. The Labute approximate surface area is 134 Å². The van der Waals surface area contributed by atoms with Crippen molar-refractivity contribution in [2.24, 2.45) is 5.92 Å². The lowest BCUT2D eigenvalue weighted by Crippen LogP contribution is -2.26. The third-order valence-corrected chi connectivity index (χ3v) is 4.70.